The molecule has 1 unspecified atom stereocenters. The van der Waals surface area contributed by atoms with Crippen molar-refractivity contribution in [3.63, 3.8) is 0 Å². The molecule has 1 atom stereocenters. The van der Waals surface area contributed by atoms with E-state index in [-0.39, 0.29) is 5.97 Å². The average molecular weight is 338 g/mol. The van der Waals surface area contributed by atoms with Crippen LogP contribution in [0.3, 0.4) is 0 Å². The molecule has 1 aliphatic rings. The number of aromatic nitrogens is 2. The lowest BCUT2D eigenvalue weighted by molar-refractivity contribution is -0.134. The van der Waals surface area contributed by atoms with Gasteiger partial charge in [-0.3, -0.25) is 9.48 Å². The van der Waals surface area contributed by atoms with Gasteiger partial charge in [0.1, 0.15) is 5.56 Å². The van der Waals surface area contributed by atoms with Crippen LogP contribution in [0.1, 0.15) is 81.4 Å². The van der Waals surface area contributed by atoms with Crippen molar-refractivity contribution in [1.82, 2.24) is 9.78 Å². The Kier molecular flexibility index (Phi) is 8.50. The number of nitrogens with zero attached hydrogens (tertiary/aromatic N) is 2. The van der Waals surface area contributed by atoms with Gasteiger partial charge in [-0.25, -0.2) is 4.79 Å². The second-order valence-corrected chi connectivity index (χ2v) is 6.42. The quantitative estimate of drug-likeness (QED) is 0.821. The third-order valence-corrected chi connectivity index (χ3v) is 4.36. The van der Waals surface area contributed by atoms with Crippen LogP contribution >= 0.6 is 0 Å². The molecule has 0 saturated heterocycles. The van der Waals surface area contributed by atoms with Gasteiger partial charge in [-0.2, -0.15) is 5.10 Å². The summed E-state index contributed by atoms with van der Waals surface area (Å²) < 4.78 is 7.05. The van der Waals surface area contributed by atoms with Gasteiger partial charge in [-0.1, -0.05) is 32.1 Å². The third-order valence-electron chi connectivity index (χ3n) is 4.36. The molecule has 24 heavy (non-hydrogen) atoms. The lowest BCUT2D eigenvalue weighted by Crippen LogP contribution is -2.16. The van der Waals surface area contributed by atoms with Crippen molar-refractivity contribution in [2.45, 2.75) is 72.3 Å². The van der Waals surface area contributed by atoms with E-state index in [1.54, 1.807) is 6.20 Å². The number of carbonyl (C=O) groups excluding carboxylic acids is 1. The van der Waals surface area contributed by atoms with E-state index in [0.29, 0.717) is 18.2 Å². The molecule has 0 aromatic carbocycles. The number of carboxylic acid groups (broad SMARTS) is 1. The summed E-state index contributed by atoms with van der Waals surface area (Å²) in [5.74, 6) is -0.283. The van der Waals surface area contributed by atoms with Crippen LogP contribution in [0.15, 0.2) is 6.20 Å². The monoisotopic (exact) mass is 338 g/mol. The molecular weight excluding hydrogens is 308 g/mol. The second kappa shape index (κ2) is 10.1. The van der Waals surface area contributed by atoms with Crippen LogP contribution in [-0.2, 0) is 9.53 Å². The largest absolute Gasteiger partial charge is 0.481 e. The first-order valence-corrected chi connectivity index (χ1v) is 8.77. The smallest absolute Gasteiger partial charge is 0.341 e. The highest BCUT2D eigenvalue weighted by molar-refractivity contribution is 5.90. The van der Waals surface area contributed by atoms with Gasteiger partial charge < -0.3 is 9.84 Å². The van der Waals surface area contributed by atoms with Crippen molar-refractivity contribution in [3.05, 3.63) is 17.5 Å². The Labute approximate surface area is 144 Å². The van der Waals surface area contributed by atoms with Gasteiger partial charge in [0.15, 0.2) is 0 Å². The first-order chi connectivity index (χ1) is 11.4. The minimum absolute atomic E-state index is 0.263. The molecule has 1 aliphatic carbocycles. The number of hydrogen-bond acceptors (Lipinski definition) is 4. The van der Waals surface area contributed by atoms with Gasteiger partial charge in [0.25, 0.3) is 5.97 Å². The van der Waals surface area contributed by atoms with E-state index < -0.39 is 5.97 Å². The van der Waals surface area contributed by atoms with E-state index in [2.05, 4.69) is 12.0 Å². The Morgan fingerprint density at radius 3 is 2.50 bits per heavy atom. The van der Waals surface area contributed by atoms with E-state index in [0.717, 1.165) is 25.0 Å². The van der Waals surface area contributed by atoms with E-state index in [1.807, 2.05) is 18.5 Å². The fraction of sp³-hybridized carbons (Fsp3) is 0.722. The summed E-state index contributed by atoms with van der Waals surface area (Å²) in [5.41, 5.74) is 1.52. The maximum atomic E-state index is 11.8. The molecule has 1 fully saturated rings. The highest BCUT2D eigenvalue weighted by Gasteiger charge is 2.21. The topological polar surface area (TPSA) is 81.4 Å². The zero-order chi connectivity index (χ0) is 18.1. The van der Waals surface area contributed by atoms with Crippen LogP contribution in [0.2, 0.25) is 0 Å². The molecule has 0 amide bonds. The Morgan fingerprint density at radius 2 is 1.96 bits per heavy atom. The fourth-order valence-corrected chi connectivity index (χ4v) is 3.28. The number of carbonyl (C=O) groups is 2. The summed E-state index contributed by atoms with van der Waals surface area (Å²) in [6.07, 6.45) is 9.60. The summed E-state index contributed by atoms with van der Waals surface area (Å²) in [7, 11) is 0. The summed E-state index contributed by atoms with van der Waals surface area (Å²) in [6.45, 7) is 7.46. The molecule has 0 spiro atoms. The molecular formula is C18H30N2O4. The highest BCUT2D eigenvalue weighted by Crippen LogP contribution is 2.31. The molecule has 136 valence electrons. The van der Waals surface area contributed by atoms with Crippen LogP contribution in [0.5, 0.6) is 0 Å². The molecule has 6 heteroatoms. The molecule has 1 aromatic rings. The molecule has 0 radical (unpaired) electrons. The van der Waals surface area contributed by atoms with Crippen LogP contribution in [0.25, 0.3) is 0 Å². The standard InChI is InChI=1S/C16H26N2O2.C2H4O2/c1-4-20-16(19)15-11-17-18(13(15)3)12(2)10-14-8-6-5-7-9-14;1-2(3)4/h11-12,14H,4-10H2,1-3H3;1H3,(H,3,4). The van der Waals surface area contributed by atoms with Crippen molar-refractivity contribution in [2.24, 2.45) is 5.92 Å². The second-order valence-electron chi connectivity index (χ2n) is 6.42. The van der Waals surface area contributed by atoms with Crippen LogP contribution in [-0.4, -0.2) is 33.4 Å². The van der Waals surface area contributed by atoms with E-state index in [9.17, 15) is 4.79 Å². The highest BCUT2D eigenvalue weighted by atomic mass is 16.5. The molecule has 1 saturated carbocycles. The first kappa shape index (κ1) is 20.2. The fourth-order valence-electron chi connectivity index (χ4n) is 3.28. The number of rotatable bonds is 5. The van der Waals surface area contributed by atoms with Crippen molar-refractivity contribution in [2.75, 3.05) is 6.61 Å². The predicted octanol–water partition coefficient (Wildman–Crippen LogP) is 3.99. The van der Waals surface area contributed by atoms with Crippen molar-refractivity contribution < 1.29 is 19.4 Å². The SMILES string of the molecule is CC(=O)O.CCOC(=O)c1cnn(C(C)CC2CCCCC2)c1C. The first-order valence-electron chi connectivity index (χ1n) is 8.77. The molecule has 0 bridgehead atoms. The van der Waals surface area contributed by atoms with Gasteiger partial charge >= 0.3 is 5.97 Å². The van der Waals surface area contributed by atoms with E-state index in [1.165, 1.54) is 32.1 Å². The summed E-state index contributed by atoms with van der Waals surface area (Å²) >= 11 is 0. The summed E-state index contributed by atoms with van der Waals surface area (Å²) in [6, 6.07) is 0.348. The lowest BCUT2D eigenvalue weighted by Gasteiger charge is -2.25. The Bertz CT molecular complexity index is 529. The van der Waals surface area contributed by atoms with Crippen LogP contribution in [0.4, 0.5) is 0 Å². The number of hydrogen-bond donors (Lipinski definition) is 1. The normalized spacial score (nSPS) is 16.0. The van der Waals surface area contributed by atoms with E-state index >= 15 is 0 Å². The van der Waals surface area contributed by atoms with Crippen LogP contribution in [0, 0.1) is 12.8 Å². The maximum Gasteiger partial charge on any atom is 0.341 e. The Balaban J connectivity index is 0.000000648. The summed E-state index contributed by atoms with van der Waals surface area (Å²) in [5, 5.41) is 11.8. The third kappa shape index (κ3) is 6.34. The molecule has 2 rings (SSSR count). The number of esters is 1. The number of carboxylic acids is 1. The minimum Gasteiger partial charge on any atom is -0.481 e. The predicted molar refractivity (Wildman–Crippen MR) is 92.1 cm³/mol. The zero-order valence-corrected chi connectivity index (χ0v) is 15.2. The molecule has 6 nitrogen and oxygen atoms in total. The minimum atomic E-state index is -0.833. The molecule has 1 N–H and O–H groups in total. The molecule has 1 heterocycles. The molecule has 1 aromatic heterocycles. The van der Waals surface area contributed by atoms with Gasteiger partial charge in [0.2, 0.25) is 0 Å². The average Bonchev–Trinajstić information content (AvgIpc) is 2.90. The summed E-state index contributed by atoms with van der Waals surface area (Å²) in [4.78, 5) is 20.8. The van der Waals surface area contributed by atoms with Gasteiger partial charge in [0, 0.05) is 13.0 Å². The van der Waals surface area contributed by atoms with Gasteiger partial charge in [-0.15, -0.1) is 0 Å². The number of ether oxygens (including phenoxy) is 1. The van der Waals surface area contributed by atoms with Gasteiger partial charge in [-0.05, 0) is 33.1 Å². The van der Waals surface area contributed by atoms with Crippen molar-refractivity contribution in [1.29, 1.82) is 0 Å². The van der Waals surface area contributed by atoms with Crippen molar-refractivity contribution in [3.8, 4) is 0 Å². The van der Waals surface area contributed by atoms with Gasteiger partial charge in [0.05, 0.1) is 18.5 Å². The van der Waals surface area contributed by atoms with Crippen LogP contribution < -0.4 is 0 Å². The zero-order valence-electron chi connectivity index (χ0n) is 15.2. The van der Waals surface area contributed by atoms with Crippen molar-refractivity contribution >= 4 is 11.9 Å². The van der Waals surface area contributed by atoms with E-state index in [4.69, 9.17) is 14.6 Å². The Morgan fingerprint density at radius 1 is 1.38 bits per heavy atom. The lowest BCUT2D eigenvalue weighted by atomic mass is 9.85. The Hall–Kier alpha value is -1.85. The molecule has 0 aliphatic heterocycles. The number of aliphatic carboxylic acids is 1. The maximum absolute atomic E-state index is 11.8.